The van der Waals surface area contributed by atoms with E-state index in [2.05, 4.69) is 31.1 Å². The van der Waals surface area contributed by atoms with Gasteiger partial charge in [-0.1, -0.05) is 6.92 Å². The minimum atomic E-state index is 0.242. The molecule has 2 aliphatic heterocycles. The molecule has 0 aromatic rings. The van der Waals surface area contributed by atoms with Crippen LogP contribution in [-0.2, 0) is 9.47 Å². The summed E-state index contributed by atoms with van der Waals surface area (Å²) < 4.78 is 11.1. The highest BCUT2D eigenvalue weighted by Crippen LogP contribution is 2.20. The molecule has 2 aliphatic rings. The second-order valence-electron chi connectivity index (χ2n) is 5.58. The molecule has 0 aromatic carbocycles. The van der Waals surface area contributed by atoms with Gasteiger partial charge < -0.3 is 19.7 Å². The molecule has 1 N–H and O–H groups in total. The van der Waals surface area contributed by atoms with E-state index in [1.807, 2.05) is 0 Å². The highest BCUT2D eigenvalue weighted by Gasteiger charge is 2.29. The molecule has 2 fully saturated rings. The summed E-state index contributed by atoms with van der Waals surface area (Å²) in [7, 11) is 2.22. The van der Waals surface area contributed by atoms with E-state index in [4.69, 9.17) is 9.47 Å². The van der Waals surface area contributed by atoms with Crippen LogP contribution in [-0.4, -0.2) is 63.0 Å². The molecule has 0 aromatic heterocycles. The summed E-state index contributed by atoms with van der Waals surface area (Å²) >= 11 is 0. The van der Waals surface area contributed by atoms with Crippen molar-refractivity contribution in [2.45, 2.75) is 38.5 Å². The van der Waals surface area contributed by atoms with Crippen LogP contribution in [0.4, 0.5) is 0 Å². The molecule has 2 saturated heterocycles. The van der Waals surface area contributed by atoms with Crippen molar-refractivity contribution < 1.29 is 9.47 Å². The highest BCUT2D eigenvalue weighted by molar-refractivity contribution is 4.86. The number of hydrogen-bond donors (Lipinski definition) is 1. The maximum Gasteiger partial charge on any atom is 0.0933 e. The predicted octanol–water partition coefficient (Wildman–Crippen LogP) is 0.720. The van der Waals surface area contributed by atoms with Crippen molar-refractivity contribution in [1.29, 1.82) is 0 Å². The monoisotopic (exact) mass is 242 g/mol. The quantitative estimate of drug-likeness (QED) is 0.791. The number of rotatable bonds is 3. The van der Waals surface area contributed by atoms with Crippen molar-refractivity contribution in [3.63, 3.8) is 0 Å². The molecular formula is C13H26N2O2. The number of ether oxygens (including phenoxy) is 2. The minimum absolute atomic E-state index is 0.242. The first-order valence-corrected chi connectivity index (χ1v) is 6.79. The van der Waals surface area contributed by atoms with Gasteiger partial charge in [-0.25, -0.2) is 0 Å². The van der Waals surface area contributed by atoms with Gasteiger partial charge in [0.05, 0.1) is 25.9 Å². The SMILES string of the molecule is CC1CN(C)C(C)CC1NCC1COCCO1. The molecule has 4 nitrogen and oxygen atoms in total. The highest BCUT2D eigenvalue weighted by atomic mass is 16.6. The van der Waals surface area contributed by atoms with Crippen LogP contribution in [0.25, 0.3) is 0 Å². The maximum absolute atomic E-state index is 5.65. The standard InChI is InChI=1S/C13H26N2O2/c1-10-8-15(3)11(2)6-13(10)14-7-12-9-16-4-5-17-12/h10-14H,4-9H2,1-3H3. The normalized spacial score (nSPS) is 40.4. The lowest BCUT2D eigenvalue weighted by Crippen LogP contribution is -2.53. The van der Waals surface area contributed by atoms with Crippen LogP contribution in [0.3, 0.4) is 0 Å². The number of likely N-dealkylation sites (tertiary alicyclic amines) is 1. The van der Waals surface area contributed by atoms with Crippen molar-refractivity contribution >= 4 is 0 Å². The van der Waals surface area contributed by atoms with Gasteiger partial charge in [-0.3, -0.25) is 0 Å². The number of nitrogens with one attached hydrogen (secondary N) is 1. The average Bonchev–Trinajstić information content (AvgIpc) is 2.33. The fourth-order valence-corrected chi connectivity index (χ4v) is 2.76. The van der Waals surface area contributed by atoms with E-state index in [0.29, 0.717) is 18.0 Å². The summed E-state index contributed by atoms with van der Waals surface area (Å²) in [5.74, 6) is 0.709. The molecule has 4 unspecified atom stereocenters. The van der Waals surface area contributed by atoms with Crippen LogP contribution < -0.4 is 5.32 Å². The molecule has 4 heteroatoms. The van der Waals surface area contributed by atoms with Gasteiger partial charge in [-0.15, -0.1) is 0 Å². The van der Waals surface area contributed by atoms with E-state index in [1.165, 1.54) is 13.0 Å². The first kappa shape index (κ1) is 13.3. The second kappa shape index (κ2) is 6.14. The zero-order chi connectivity index (χ0) is 12.3. The van der Waals surface area contributed by atoms with Crippen LogP contribution in [0.5, 0.6) is 0 Å². The van der Waals surface area contributed by atoms with E-state index in [0.717, 1.165) is 26.4 Å². The molecule has 2 heterocycles. The second-order valence-corrected chi connectivity index (χ2v) is 5.58. The Hall–Kier alpha value is -0.160. The zero-order valence-corrected chi connectivity index (χ0v) is 11.3. The van der Waals surface area contributed by atoms with E-state index in [9.17, 15) is 0 Å². The van der Waals surface area contributed by atoms with Crippen molar-refractivity contribution in [1.82, 2.24) is 10.2 Å². The molecule has 2 rings (SSSR count). The molecule has 0 amide bonds. The van der Waals surface area contributed by atoms with Gasteiger partial charge in [0.1, 0.15) is 0 Å². The van der Waals surface area contributed by atoms with Crippen molar-refractivity contribution in [2.75, 3.05) is 40.0 Å². The number of hydrogen-bond acceptors (Lipinski definition) is 4. The van der Waals surface area contributed by atoms with Crippen LogP contribution in [0, 0.1) is 5.92 Å². The summed E-state index contributed by atoms with van der Waals surface area (Å²) in [6.45, 7) is 8.97. The lowest BCUT2D eigenvalue weighted by molar-refractivity contribution is -0.0881. The van der Waals surface area contributed by atoms with E-state index in [1.54, 1.807) is 0 Å². The molecule has 100 valence electrons. The Morgan fingerprint density at radius 2 is 2.12 bits per heavy atom. The van der Waals surface area contributed by atoms with Crippen LogP contribution in [0.1, 0.15) is 20.3 Å². The number of nitrogens with zero attached hydrogens (tertiary/aromatic N) is 1. The Morgan fingerprint density at radius 3 is 2.82 bits per heavy atom. The molecule has 17 heavy (non-hydrogen) atoms. The van der Waals surface area contributed by atoms with Gasteiger partial charge in [0.2, 0.25) is 0 Å². The zero-order valence-electron chi connectivity index (χ0n) is 11.3. The van der Waals surface area contributed by atoms with Crippen LogP contribution >= 0.6 is 0 Å². The minimum Gasteiger partial charge on any atom is -0.376 e. The predicted molar refractivity (Wildman–Crippen MR) is 68.2 cm³/mol. The molecule has 0 saturated carbocycles. The summed E-state index contributed by atoms with van der Waals surface area (Å²) in [5.41, 5.74) is 0. The largest absolute Gasteiger partial charge is 0.376 e. The van der Waals surface area contributed by atoms with Gasteiger partial charge in [0.25, 0.3) is 0 Å². The van der Waals surface area contributed by atoms with E-state index < -0.39 is 0 Å². The lowest BCUT2D eigenvalue weighted by Gasteiger charge is -2.40. The molecular weight excluding hydrogens is 216 g/mol. The first-order valence-electron chi connectivity index (χ1n) is 6.79. The van der Waals surface area contributed by atoms with Gasteiger partial charge in [0, 0.05) is 25.2 Å². The van der Waals surface area contributed by atoms with Crippen LogP contribution in [0.2, 0.25) is 0 Å². The van der Waals surface area contributed by atoms with Gasteiger partial charge >= 0.3 is 0 Å². The van der Waals surface area contributed by atoms with Crippen molar-refractivity contribution in [3.8, 4) is 0 Å². The van der Waals surface area contributed by atoms with Gasteiger partial charge in [-0.05, 0) is 26.3 Å². The van der Waals surface area contributed by atoms with E-state index in [-0.39, 0.29) is 6.10 Å². The van der Waals surface area contributed by atoms with Crippen molar-refractivity contribution in [2.24, 2.45) is 5.92 Å². The first-order chi connectivity index (χ1) is 8.16. The Morgan fingerprint density at radius 1 is 1.29 bits per heavy atom. The van der Waals surface area contributed by atoms with Gasteiger partial charge in [0.15, 0.2) is 0 Å². The summed E-state index contributed by atoms with van der Waals surface area (Å²) in [6.07, 6.45) is 1.47. The Bertz CT molecular complexity index is 231. The maximum atomic E-state index is 5.65. The lowest BCUT2D eigenvalue weighted by atomic mass is 9.90. The molecule has 4 atom stereocenters. The fraction of sp³-hybridized carbons (Fsp3) is 1.00. The molecule has 0 aliphatic carbocycles. The Labute approximate surface area is 105 Å². The Kier molecular flexibility index (Phi) is 4.79. The summed E-state index contributed by atoms with van der Waals surface area (Å²) in [4.78, 5) is 2.45. The average molecular weight is 242 g/mol. The molecule has 0 radical (unpaired) electrons. The third kappa shape index (κ3) is 3.65. The fourth-order valence-electron chi connectivity index (χ4n) is 2.76. The summed E-state index contributed by atoms with van der Waals surface area (Å²) in [5, 5.41) is 3.66. The summed E-state index contributed by atoms with van der Waals surface area (Å²) in [6, 6.07) is 1.29. The van der Waals surface area contributed by atoms with E-state index >= 15 is 0 Å². The smallest absolute Gasteiger partial charge is 0.0933 e. The third-order valence-corrected chi connectivity index (χ3v) is 4.10. The molecule has 0 bridgehead atoms. The number of piperidine rings is 1. The topological polar surface area (TPSA) is 33.7 Å². The van der Waals surface area contributed by atoms with Crippen LogP contribution in [0.15, 0.2) is 0 Å². The van der Waals surface area contributed by atoms with Crippen molar-refractivity contribution in [3.05, 3.63) is 0 Å². The van der Waals surface area contributed by atoms with Gasteiger partial charge in [-0.2, -0.15) is 0 Å². The third-order valence-electron chi connectivity index (χ3n) is 4.10. The molecule has 0 spiro atoms. The Balaban J connectivity index is 1.74.